The van der Waals surface area contributed by atoms with Crippen LogP contribution in [0.15, 0.2) is 53.6 Å². The molecule has 4 rings (SSSR count). The Kier molecular flexibility index (Phi) is 4.45. The summed E-state index contributed by atoms with van der Waals surface area (Å²) in [5.41, 5.74) is 4.54. The van der Waals surface area contributed by atoms with Crippen LogP contribution in [0.3, 0.4) is 0 Å². The lowest BCUT2D eigenvalue weighted by molar-refractivity contribution is -0.145. The van der Waals surface area contributed by atoms with E-state index in [0.717, 1.165) is 50.1 Å². The summed E-state index contributed by atoms with van der Waals surface area (Å²) in [7, 11) is 0. The number of aliphatic carboxylic acids is 1. The molecule has 136 valence electrons. The van der Waals surface area contributed by atoms with Crippen LogP contribution >= 0.6 is 0 Å². The van der Waals surface area contributed by atoms with Gasteiger partial charge in [-0.25, -0.2) is 0 Å². The first-order valence-corrected chi connectivity index (χ1v) is 9.40. The molecule has 2 aliphatic heterocycles. The third-order valence-corrected chi connectivity index (χ3v) is 5.80. The molecule has 4 nitrogen and oxygen atoms in total. The number of para-hydroxylation sites is 1. The van der Waals surface area contributed by atoms with Gasteiger partial charge in [0.25, 0.3) is 0 Å². The fraction of sp³-hybridized carbons (Fsp3) is 0.409. The zero-order valence-electron chi connectivity index (χ0n) is 15.2. The summed E-state index contributed by atoms with van der Waals surface area (Å²) in [6, 6.07) is 8.22. The van der Waals surface area contributed by atoms with Crippen molar-refractivity contribution in [2.45, 2.75) is 38.1 Å². The highest BCUT2D eigenvalue weighted by molar-refractivity contribution is 5.86. The maximum absolute atomic E-state index is 11.6. The number of carboxylic acids is 1. The topological polar surface area (TPSA) is 49.8 Å². The van der Waals surface area contributed by atoms with Gasteiger partial charge in [-0.1, -0.05) is 42.0 Å². The van der Waals surface area contributed by atoms with Crippen molar-refractivity contribution in [3.8, 4) is 5.75 Å². The monoisotopic (exact) mass is 351 g/mol. The van der Waals surface area contributed by atoms with Gasteiger partial charge >= 0.3 is 5.97 Å². The maximum atomic E-state index is 11.6. The van der Waals surface area contributed by atoms with Crippen molar-refractivity contribution in [2.75, 3.05) is 19.7 Å². The number of fused-ring (bicyclic) bond motifs is 1. The first-order chi connectivity index (χ1) is 12.7. The Balaban J connectivity index is 1.66. The van der Waals surface area contributed by atoms with E-state index in [-0.39, 0.29) is 0 Å². The summed E-state index contributed by atoms with van der Waals surface area (Å²) in [5, 5.41) is 9.55. The summed E-state index contributed by atoms with van der Waals surface area (Å²) in [6.07, 6.45) is 9.66. The number of hydrogen-bond acceptors (Lipinski definition) is 3. The molecule has 0 aromatic heterocycles. The zero-order valence-corrected chi connectivity index (χ0v) is 15.2. The third kappa shape index (κ3) is 2.88. The Bertz CT molecular complexity index is 804. The van der Waals surface area contributed by atoms with Gasteiger partial charge in [0.05, 0.1) is 0 Å². The summed E-state index contributed by atoms with van der Waals surface area (Å²) in [5.74, 6) is 0.290. The molecule has 0 spiro atoms. The molecule has 1 N–H and O–H groups in total. The molecule has 0 bridgehead atoms. The maximum Gasteiger partial charge on any atom is 0.324 e. The quantitative estimate of drug-likeness (QED) is 0.893. The molecular weight excluding hydrogens is 326 g/mol. The Hall–Kier alpha value is -2.33. The lowest BCUT2D eigenvalue weighted by atomic mass is 9.86. The number of benzene rings is 1. The highest BCUT2D eigenvalue weighted by Gasteiger charge is 2.55. The van der Waals surface area contributed by atoms with Crippen LogP contribution in [0.2, 0.25) is 0 Å². The SMILES string of the molecule is C/C=C\C=C1/COc2ccccc2C1=C1CCN(C2(C(=O)O)CC2)CC1. The molecule has 1 aromatic rings. The number of piperidine rings is 1. The summed E-state index contributed by atoms with van der Waals surface area (Å²) >= 11 is 0. The summed E-state index contributed by atoms with van der Waals surface area (Å²) in [6.45, 7) is 4.25. The molecule has 2 fully saturated rings. The minimum Gasteiger partial charge on any atom is -0.488 e. The second-order valence-electron chi connectivity index (χ2n) is 7.30. The van der Waals surface area contributed by atoms with Crippen LogP contribution in [0.4, 0.5) is 0 Å². The first kappa shape index (κ1) is 17.1. The normalized spacial score (nSPS) is 23.8. The number of allylic oxidation sites excluding steroid dienone is 3. The van der Waals surface area contributed by atoms with Gasteiger partial charge in [0.1, 0.15) is 17.9 Å². The first-order valence-electron chi connectivity index (χ1n) is 9.40. The van der Waals surface area contributed by atoms with Crippen LogP contribution in [0.25, 0.3) is 5.57 Å². The van der Waals surface area contributed by atoms with E-state index in [4.69, 9.17) is 4.74 Å². The van der Waals surface area contributed by atoms with Gasteiger partial charge in [-0.2, -0.15) is 0 Å². The van der Waals surface area contributed by atoms with E-state index < -0.39 is 11.5 Å². The van der Waals surface area contributed by atoms with Gasteiger partial charge in [-0.15, -0.1) is 0 Å². The summed E-state index contributed by atoms with van der Waals surface area (Å²) < 4.78 is 5.95. The van der Waals surface area contributed by atoms with Crippen LogP contribution in [0, 0.1) is 0 Å². The van der Waals surface area contributed by atoms with Gasteiger partial charge in [-0.05, 0) is 49.8 Å². The van der Waals surface area contributed by atoms with Gasteiger partial charge in [0.15, 0.2) is 0 Å². The number of carboxylic acid groups (broad SMARTS) is 1. The summed E-state index contributed by atoms with van der Waals surface area (Å²) in [4.78, 5) is 13.8. The molecule has 26 heavy (non-hydrogen) atoms. The fourth-order valence-corrected chi connectivity index (χ4v) is 4.20. The second kappa shape index (κ2) is 6.76. The smallest absolute Gasteiger partial charge is 0.324 e. The molecule has 1 saturated carbocycles. The number of ether oxygens (including phenoxy) is 1. The molecule has 1 aliphatic carbocycles. The van der Waals surface area contributed by atoms with Crippen molar-refractivity contribution >= 4 is 11.5 Å². The molecule has 1 saturated heterocycles. The van der Waals surface area contributed by atoms with Crippen molar-refractivity contribution < 1.29 is 14.6 Å². The average Bonchev–Trinajstić information content (AvgIpc) is 3.48. The molecule has 0 amide bonds. The Morgan fingerprint density at radius 2 is 1.96 bits per heavy atom. The number of carbonyl (C=O) groups is 1. The van der Waals surface area contributed by atoms with E-state index in [2.05, 4.69) is 29.2 Å². The molecule has 0 atom stereocenters. The van der Waals surface area contributed by atoms with E-state index in [0.29, 0.717) is 6.61 Å². The van der Waals surface area contributed by atoms with E-state index in [1.807, 2.05) is 25.1 Å². The number of rotatable bonds is 3. The lowest BCUT2D eigenvalue weighted by Gasteiger charge is -2.35. The number of likely N-dealkylation sites (tertiary alicyclic amines) is 1. The van der Waals surface area contributed by atoms with Crippen LogP contribution in [-0.4, -0.2) is 41.2 Å². The highest BCUT2D eigenvalue weighted by Crippen LogP contribution is 2.46. The molecule has 0 unspecified atom stereocenters. The van der Waals surface area contributed by atoms with Crippen LogP contribution < -0.4 is 4.74 Å². The Labute approximate surface area is 154 Å². The lowest BCUT2D eigenvalue weighted by Crippen LogP contribution is -2.46. The van der Waals surface area contributed by atoms with E-state index in [1.165, 1.54) is 16.7 Å². The highest BCUT2D eigenvalue weighted by atomic mass is 16.5. The van der Waals surface area contributed by atoms with Gasteiger partial charge in [-0.3, -0.25) is 9.69 Å². The standard InChI is InChI=1S/C22H25NO3/c1-2-3-6-17-15-26-19-8-5-4-7-18(19)20(17)16-9-13-23(14-10-16)22(11-12-22)21(24)25/h2-8H,9-15H2,1H3,(H,24,25)/b3-2-,17-6+. The van der Waals surface area contributed by atoms with Crippen LogP contribution in [-0.2, 0) is 4.79 Å². The van der Waals surface area contributed by atoms with Gasteiger partial charge < -0.3 is 9.84 Å². The molecular formula is C22H25NO3. The second-order valence-corrected chi connectivity index (χ2v) is 7.30. The van der Waals surface area contributed by atoms with E-state index in [1.54, 1.807) is 0 Å². The average molecular weight is 351 g/mol. The minimum atomic E-state index is -0.654. The van der Waals surface area contributed by atoms with Gasteiger partial charge in [0, 0.05) is 18.7 Å². The van der Waals surface area contributed by atoms with Crippen molar-refractivity contribution in [3.63, 3.8) is 0 Å². The predicted molar refractivity (Wildman–Crippen MR) is 102 cm³/mol. The number of nitrogens with zero attached hydrogens (tertiary/aromatic N) is 1. The largest absolute Gasteiger partial charge is 0.488 e. The molecule has 0 radical (unpaired) electrons. The molecule has 1 aromatic carbocycles. The van der Waals surface area contributed by atoms with Gasteiger partial charge in [0.2, 0.25) is 0 Å². The predicted octanol–water partition coefficient (Wildman–Crippen LogP) is 4.05. The minimum absolute atomic E-state index is 0.576. The van der Waals surface area contributed by atoms with E-state index >= 15 is 0 Å². The van der Waals surface area contributed by atoms with Crippen molar-refractivity contribution in [1.82, 2.24) is 4.90 Å². The zero-order chi connectivity index (χ0) is 18.1. The van der Waals surface area contributed by atoms with E-state index in [9.17, 15) is 9.90 Å². The van der Waals surface area contributed by atoms with Crippen LogP contribution in [0.1, 0.15) is 38.2 Å². The van der Waals surface area contributed by atoms with Crippen molar-refractivity contribution in [1.29, 1.82) is 0 Å². The molecule has 4 heteroatoms. The Morgan fingerprint density at radius 3 is 2.62 bits per heavy atom. The van der Waals surface area contributed by atoms with Crippen molar-refractivity contribution in [2.24, 2.45) is 0 Å². The fourth-order valence-electron chi connectivity index (χ4n) is 4.20. The van der Waals surface area contributed by atoms with Crippen molar-refractivity contribution in [3.05, 3.63) is 59.2 Å². The molecule has 2 heterocycles. The Morgan fingerprint density at radius 1 is 1.23 bits per heavy atom. The number of hydrogen-bond donors (Lipinski definition) is 1. The van der Waals surface area contributed by atoms with Crippen LogP contribution in [0.5, 0.6) is 5.75 Å². The molecule has 3 aliphatic rings. The third-order valence-electron chi connectivity index (χ3n) is 5.80.